The van der Waals surface area contributed by atoms with Gasteiger partial charge in [-0.1, -0.05) is 30.9 Å². The molecule has 1 saturated carbocycles. The van der Waals surface area contributed by atoms with Gasteiger partial charge in [0, 0.05) is 19.0 Å². The van der Waals surface area contributed by atoms with Crippen molar-refractivity contribution < 1.29 is 9.59 Å². The van der Waals surface area contributed by atoms with Gasteiger partial charge in [-0.15, -0.1) is 0 Å². The lowest BCUT2D eigenvalue weighted by Gasteiger charge is -2.35. The Bertz CT molecular complexity index is 466. The Balaban J connectivity index is 1.50. The van der Waals surface area contributed by atoms with Crippen LogP contribution in [0.5, 0.6) is 0 Å². The molecule has 3 aliphatic rings. The monoisotopic (exact) mass is 318 g/mol. The molecule has 0 bridgehead atoms. The maximum atomic E-state index is 12.6. The quantitative estimate of drug-likeness (QED) is 0.791. The first-order valence-electron chi connectivity index (χ1n) is 9.52. The van der Waals surface area contributed by atoms with E-state index in [1.807, 2.05) is 4.90 Å². The van der Waals surface area contributed by atoms with Crippen LogP contribution in [-0.4, -0.2) is 35.3 Å². The van der Waals surface area contributed by atoms with Gasteiger partial charge < -0.3 is 10.2 Å². The molecule has 1 heterocycles. The molecule has 2 amide bonds. The highest BCUT2D eigenvalue weighted by Gasteiger charge is 2.40. The highest BCUT2D eigenvalue weighted by molar-refractivity contribution is 5.91. The summed E-state index contributed by atoms with van der Waals surface area (Å²) in [5, 5.41) is 3.09. The summed E-state index contributed by atoms with van der Waals surface area (Å²) in [6.07, 6.45) is 15.3. The summed E-state index contributed by atoms with van der Waals surface area (Å²) >= 11 is 0. The summed E-state index contributed by atoms with van der Waals surface area (Å²) in [4.78, 5) is 26.7. The molecule has 23 heavy (non-hydrogen) atoms. The zero-order valence-electron chi connectivity index (χ0n) is 14.2. The van der Waals surface area contributed by atoms with Crippen LogP contribution in [0.25, 0.3) is 0 Å². The number of hydrogen-bond donors (Lipinski definition) is 1. The van der Waals surface area contributed by atoms with Crippen molar-refractivity contribution in [1.82, 2.24) is 10.2 Å². The van der Waals surface area contributed by atoms with Crippen molar-refractivity contribution in [1.29, 1.82) is 0 Å². The average molecular weight is 318 g/mol. The Morgan fingerprint density at radius 3 is 2.65 bits per heavy atom. The molecule has 1 unspecified atom stereocenters. The van der Waals surface area contributed by atoms with E-state index in [1.54, 1.807) is 0 Å². The Kier molecular flexibility index (Phi) is 5.74. The van der Waals surface area contributed by atoms with Crippen molar-refractivity contribution in [3.8, 4) is 0 Å². The summed E-state index contributed by atoms with van der Waals surface area (Å²) in [6, 6.07) is 0.0847. The lowest BCUT2D eigenvalue weighted by Crippen LogP contribution is -2.50. The Hall–Kier alpha value is -1.32. The number of rotatable bonds is 5. The molecule has 2 fully saturated rings. The van der Waals surface area contributed by atoms with Gasteiger partial charge in [-0.2, -0.15) is 0 Å². The second-order valence-electron chi connectivity index (χ2n) is 7.30. The molecule has 1 aliphatic heterocycles. The van der Waals surface area contributed by atoms with Crippen molar-refractivity contribution >= 4 is 11.8 Å². The molecule has 0 aromatic rings. The summed E-state index contributed by atoms with van der Waals surface area (Å²) in [7, 11) is 0. The molecule has 1 saturated heterocycles. The maximum Gasteiger partial charge on any atom is 0.242 e. The largest absolute Gasteiger partial charge is 0.354 e. The third kappa shape index (κ3) is 4.15. The summed E-state index contributed by atoms with van der Waals surface area (Å²) in [5.41, 5.74) is 1.49. The van der Waals surface area contributed by atoms with E-state index in [4.69, 9.17) is 0 Å². The van der Waals surface area contributed by atoms with Crippen LogP contribution < -0.4 is 5.32 Å². The molecular weight excluding hydrogens is 288 g/mol. The van der Waals surface area contributed by atoms with Crippen LogP contribution in [0.15, 0.2) is 11.6 Å². The summed E-state index contributed by atoms with van der Waals surface area (Å²) in [6.45, 7) is 0.716. The molecule has 2 aliphatic carbocycles. The fourth-order valence-corrected chi connectivity index (χ4v) is 4.37. The average Bonchev–Trinajstić information content (AvgIpc) is 2.98. The normalized spacial score (nSPS) is 26.3. The van der Waals surface area contributed by atoms with E-state index in [2.05, 4.69) is 11.4 Å². The standard InChI is InChI=1S/C19H30N2O2/c22-18-12-11-17(21(18)16-9-5-2-6-10-16)19(23)20-14-13-15-7-3-1-4-8-15/h7,16-17H,1-6,8-14H2,(H,20,23). The van der Waals surface area contributed by atoms with Gasteiger partial charge in [0.05, 0.1) is 0 Å². The Labute approximate surface area is 139 Å². The second kappa shape index (κ2) is 7.98. The van der Waals surface area contributed by atoms with Gasteiger partial charge in [0.25, 0.3) is 0 Å². The van der Waals surface area contributed by atoms with Crippen molar-refractivity contribution in [2.24, 2.45) is 0 Å². The lowest BCUT2D eigenvalue weighted by atomic mass is 9.93. The number of hydrogen-bond acceptors (Lipinski definition) is 2. The van der Waals surface area contributed by atoms with E-state index >= 15 is 0 Å². The van der Waals surface area contributed by atoms with Crippen molar-refractivity contribution in [3.05, 3.63) is 11.6 Å². The first-order valence-corrected chi connectivity index (χ1v) is 9.52. The van der Waals surface area contributed by atoms with Gasteiger partial charge in [0.2, 0.25) is 11.8 Å². The first-order chi connectivity index (χ1) is 11.3. The van der Waals surface area contributed by atoms with E-state index < -0.39 is 0 Å². The highest BCUT2D eigenvalue weighted by atomic mass is 16.2. The maximum absolute atomic E-state index is 12.6. The molecule has 0 aromatic carbocycles. The molecule has 1 atom stereocenters. The summed E-state index contributed by atoms with van der Waals surface area (Å²) < 4.78 is 0. The van der Waals surface area contributed by atoms with E-state index in [1.165, 1.54) is 50.5 Å². The highest BCUT2D eigenvalue weighted by Crippen LogP contribution is 2.30. The fraction of sp³-hybridized carbons (Fsp3) is 0.789. The number of amides is 2. The number of nitrogens with one attached hydrogen (secondary N) is 1. The predicted molar refractivity (Wildman–Crippen MR) is 90.9 cm³/mol. The minimum absolute atomic E-state index is 0.0674. The Morgan fingerprint density at radius 1 is 1.09 bits per heavy atom. The third-order valence-corrected chi connectivity index (χ3v) is 5.66. The van der Waals surface area contributed by atoms with E-state index in [9.17, 15) is 9.59 Å². The minimum Gasteiger partial charge on any atom is -0.354 e. The first kappa shape index (κ1) is 16.5. The second-order valence-corrected chi connectivity index (χ2v) is 7.30. The SMILES string of the molecule is O=C(NCCC1=CCCCC1)C1CCC(=O)N1C1CCCCC1. The number of nitrogens with zero attached hydrogens (tertiary/aromatic N) is 1. The van der Waals surface area contributed by atoms with E-state index in [0.717, 1.165) is 19.3 Å². The molecule has 0 aromatic heterocycles. The molecular formula is C19H30N2O2. The van der Waals surface area contributed by atoms with Gasteiger partial charge in [-0.3, -0.25) is 9.59 Å². The number of allylic oxidation sites excluding steroid dienone is 1. The lowest BCUT2D eigenvalue weighted by molar-refractivity contribution is -0.138. The third-order valence-electron chi connectivity index (χ3n) is 5.66. The molecule has 4 nitrogen and oxygen atoms in total. The minimum atomic E-state index is -0.217. The number of likely N-dealkylation sites (tertiary alicyclic amines) is 1. The van der Waals surface area contributed by atoms with E-state index in [-0.39, 0.29) is 17.9 Å². The van der Waals surface area contributed by atoms with Crippen LogP contribution >= 0.6 is 0 Å². The molecule has 1 N–H and O–H groups in total. The van der Waals surface area contributed by atoms with Gasteiger partial charge >= 0.3 is 0 Å². The number of carbonyl (C=O) groups excluding carboxylic acids is 2. The van der Waals surface area contributed by atoms with Gasteiger partial charge in [0.1, 0.15) is 6.04 Å². The van der Waals surface area contributed by atoms with Crippen LogP contribution in [0.1, 0.15) is 77.0 Å². The molecule has 0 radical (unpaired) electrons. The van der Waals surface area contributed by atoms with Crippen LogP contribution in [-0.2, 0) is 9.59 Å². The van der Waals surface area contributed by atoms with Gasteiger partial charge in [-0.05, 0) is 51.4 Å². The van der Waals surface area contributed by atoms with Gasteiger partial charge in [-0.25, -0.2) is 0 Å². The molecule has 128 valence electrons. The van der Waals surface area contributed by atoms with Crippen molar-refractivity contribution in [2.45, 2.75) is 89.1 Å². The van der Waals surface area contributed by atoms with Crippen LogP contribution in [0.4, 0.5) is 0 Å². The topological polar surface area (TPSA) is 49.4 Å². The zero-order valence-corrected chi connectivity index (χ0v) is 14.2. The molecule has 4 heteroatoms. The van der Waals surface area contributed by atoms with Crippen molar-refractivity contribution in [3.63, 3.8) is 0 Å². The van der Waals surface area contributed by atoms with Crippen LogP contribution in [0.2, 0.25) is 0 Å². The Morgan fingerprint density at radius 2 is 1.91 bits per heavy atom. The van der Waals surface area contributed by atoms with Gasteiger partial charge in [0.15, 0.2) is 0 Å². The van der Waals surface area contributed by atoms with E-state index in [0.29, 0.717) is 25.4 Å². The zero-order chi connectivity index (χ0) is 16.1. The number of carbonyl (C=O) groups is 2. The fourth-order valence-electron chi connectivity index (χ4n) is 4.37. The van der Waals surface area contributed by atoms with Crippen molar-refractivity contribution in [2.75, 3.05) is 6.54 Å². The predicted octanol–water partition coefficient (Wildman–Crippen LogP) is 3.32. The summed E-state index contributed by atoms with van der Waals surface area (Å²) in [5.74, 6) is 0.255. The van der Waals surface area contributed by atoms with Crippen LogP contribution in [0.3, 0.4) is 0 Å². The molecule has 3 rings (SSSR count). The van der Waals surface area contributed by atoms with Crippen LogP contribution in [0, 0.1) is 0 Å². The molecule has 0 spiro atoms. The smallest absolute Gasteiger partial charge is 0.242 e.